The Bertz CT molecular complexity index is 1140. The number of anilines is 1. The van der Waals surface area contributed by atoms with E-state index in [1.807, 2.05) is 73.7 Å². The van der Waals surface area contributed by atoms with Gasteiger partial charge in [-0.25, -0.2) is 4.98 Å². The molecule has 5 nitrogen and oxygen atoms in total. The molecule has 5 heteroatoms. The van der Waals surface area contributed by atoms with Gasteiger partial charge in [-0.2, -0.15) is 0 Å². The van der Waals surface area contributed by atoms with Crippen molar-refractivity contribution in [3.05, 3.63) is 101 Å². The van der Waals surface area contributed by atoms with Crippen LogP contribution in [0.1, 0.15) is 11.3 Å². The molecule has 0 radical (unpaired) electrons. The minimum Gasteiger partial charge on any atom is -0.455 e. The second kappa shape index (κ2) is 7.33. The number of pyridine rings is 1. The molecule has 0 aliphatic carbocycles. The van der Waals surface area contributed by atoms with Gasteiger partial charge >= 0.3 is 0 Å². The summed E-state index contributed by atoms with van der Waals surface area (Å²) in [6.45, 7) is 2.37. The van der Waals surface area contributed by atoms with Gasteiger partial charge in [0.15, 0.2) is 5.75 Å². The number of rotatable bonds is 5. The molecule has 4 rings (SSSR count). The van der Waals surface area contributed by atoms with Gasteiger partial charge in [0, 0.05) is 12.3 Å². The highest BCUT2D eigenvalue weighted by atomic mass is 16.5. The van der Waals surface area contributed by atoms with Crippen molar-refractivity contribution >= 4 is 11.3 Å². The molecular formula is C22H19N3O2. The van der Waals surface area contributed by atoms with Crippen molar-refractivity contribution in [2.24, 2.45) is 0 Å². The monoisotopic (exact) mass is 357 g/mol. The van der Waals surface area contributed by atoms with Crippen LogP contribution in [0.2, 0.25) is 0 Å². The molecule has 4 aromatic rings. The van der Waals surface area contributed by atoms with E-state index in [4.69, 9.17) is 4.74 Å². The highest BCUT2D eigenvalue weighted by Gasteiger charge is 2.06. The molecular weight excluding hydrogens is 338 g/mol. The topological polar surface area (TPSA) is 55.6 Å². The number of hydrogen-bond acceptors (Lipinski definition) is 4. The van der Waals surface area contributed by atoms with E-state index in [0.717, 1.165) is 22.7 Å². The molecule has 2 aromatic carbocycles. The summed E-state index contributed by atoms with van der Waals surface area (Å²) >= 11 is 0. The lowest BCUT2D eigenvalue weighted by molar-refractivity contribution is 0.484. The van der Waals surface area contributed by atoms with Gasteiger partial charge in [0.2, 0.25) is 0 Å². The first-order chi connectivity index (χ1) is 13.2. The Balaban J connectivity index is 1.56. The molecule has 134 valence electrons. The second-order valence-corrected chi connectivity index (χ2v) is 6.29. The van der Waals surface area contributed by atoms with E-state index in [0.29, 0.717) is 17.9 Å². The first kappa shape index (κ1) is 16.8. The fourth-order valence-electron chi connectivity index (χ4n) is 2.85. The number of ether oxygens (including phenoxy) is 1. The van der Waals surface area contributed by atoms with Crippen molar-refractivity contribution in [3.8, 4) is 11.5 Å². The van der Waals surface area contributed by atoms with Crippen molar-refractivity contribution in [1.82, 2.24) is 9.38 Å². The highest BCUT2D eigenvalue weighted by Crippen LogP contribution is 2.29. The number of aryl methyl sites for hydroxylation is 1. The number of aromatic nitrogens is 2. The van der Waals surface area contributed by atoms with Gasteiger partial charge < -0.3 is 10.1 Å². The molecule has 0 spiro atoms. The Labute approximate surface area is 156 Å². The molecule has 2 aromatic heterocycles. The highest BCUT2D eigenvalue weighted by molar-refractivity contribution is 5.57. The molecule has 0 aliphatic rings. The fourth-order valence-corrected chi connectivity index (χ4v) is 2.85. The van der Waals surface area contributed by atoms with Crippen LogP contribution in [0.3, 0.4) is 0 Å². The molecule has 0 bridgehead atoms. The lowest BCUT2D eigenvalue weighted by Gasteiger charge is -2.13. The third-order valence-electron chi connectivity index (χ3n) is 4.18. The molecule has 1 N–H and O–H groups in total. The Kier molecular flexibility index (Phi) is 4.58. The minimum atomic E-state index is -0.0886. The molecule has 0 saturated heterocycles. The predicted molar refractivity (Wildman–Crippen MR) is 106 cm³/mol. The first-order valence-corrected chi connectivity index (χ1v) is 8.74. The zero-order valence-corrected chi connectivity index (χ0v) is 14.9. The summed E-state index contributed by atoms with van der Waals surface area (Å²) in [7, 11) is 0. The standard InChI is InChI=1S/C22H19N3O2/c1-16-11-12-21-24-17(13-22(26)25(21)15-16)14-23-19-9-5-6-10-20(19)27-18-7-3-2-4-8-18/h2-13,15,23H,14H2,1H3. The maximum absolute atomic E-state index is 12.3. The van der Waals surface area contributed by atoms with Crippen LogP contribution in [-0.4, -0.2) is 9.38 Å². The van der Waals surface area contributed by atoms with Crippen LogP contribution in [0.25, 0.3) is 5.65 Å². The Morgan fingerprint density at radius 1 is 1.00 bits per heavy atom. The SMILES string of the molecule is Cc1ccc2nc(CNc3ccccc3Oc3ccccc3)cc(=O)n2c1. The summed E-state index contributed by atoms with van der Waals surface area (Å²) in [6.07, 6.45) is 1.80. The number of benzene rings is 2. The molecule has 0 unspecified atom stereocenters. The van der Waals surface area contributed by atoms with Crippen LogP contribution in [0.5, 0.6) is 11.5 Å². The molecule has 0 fully saturated rings. The number of para-hydroxylation sites is 3. The minimum absolute atomic E-state index is 0.0886. The van der Waals surface area contributed by atoms with Gasteiger partial charge in [0.05, 0.1) is 17.9 Å². The van der Waals surface area contributed by atoms with Crippen LogP contribution in [0.4, 0.5) is 5.69 Å². The van der Waals surface area contributed by atoms with Gasteiger partial charge in [0.25, 0.3) is 5.56 Å². The van der Waals surface area contributed by atoms with Crippen molar-refractivity contribution in [1.29, 1.82) is 0 Å². The molecule has 2 heterocycles. The average molecular weight is 357 g/mol. The van der Waals surface area contributed by atoms with Crippen molar-refractivity contribution in [2.75, 3.05) is 5.32 Å². The van der Waals surface area contributed by atoms with Crippen molar-refractivity contribution in [2.45, 2.75) is 13.5 Å². The van der Waals surface area contributed by atoms with Crippen LogP contribution >= 0.6 is 0 Å². The zero-order chi connectivity index (χ0) is 18.6. The average Bonchev–Trinajstić information content (AvgIpc) is 2.69. The van der Waals surface area contributed by atoms with Gasteiger partial charge in [-0.3, -0.25) is 9.20 Å². The summed E-state index contributed by atoms with van der Waals surface area (Å²) in [5.74, 6) is 1.49. The quantitative estimate of drug-likeness (QED) is 0.575. The lowest BCUT2D eigenvalue weighted by Crippen LogP contribution is -2.17. The van der Waals surface area contributed by atoms with Gasteiger partial charge in [-0.15, -0.1) is 0 Å². The smallest absolute Gasteiger partial charge is 0.258 e. The maximum Gasteiger partial charge on any atom is 0.258 e. The van der Waals surface area contributed by atoms with Gasteiger partial charge in [0.1, 0.15) is 11.4 Å². The summed E-state index contributed by atoms with van der Waals surface area (Å²) in [5.41, 5.74) is 3.09. The fraction of sp³-hybridized carbons (Fsp3) is 0.0909. The third-order valence-corrected chi connectivity index (χ3v) is 4.18. The van der Waals surface area contributed by atoms with E-state index in [1.165, 1.54) is 0 Å². The summed E-state index contributed by atoms with van der Waals surface area (Å²) < 4.78 is 7.52. The van der Waals surface area contributed by atoms with Crippen molar-refractivity contribution < 1.29 is 4.74 Å². The number of nitrogens with zero attached hydrogens (tertiary/aromatic N) is 2. The Morgan fingerprint density at radius 2 is 1.78 bits per heavy atom. The van der Waals surface area contributed by atoms with Gasteiger partial charge in [-0.05, 0) is 42.8 Å². The van der Waals surface area contributed by atoms with Crippen LogP contribution in [0, 0.1) is 6.92 Å². The van der Waals surface area contributed by atoms with E-state index in [1.54, 1.807) is 16.7 Å². The van der Waals surface area contributed by atoms with Crippen LogP contribution < -0.4 is 15.6 Å². The lowest BCUT2D eigenvalue weighted by atomic mass is 10.2. The van der Waals surface area contributed by atoms with Gasteiger partial charge in [-0.1, -0.05) is 36.4 Å². The van der Waals surface area contributed by atoms with E-state index in [2.05, 4.69) is 10.3 Å². The summed E-state index contributed by atoms with van der Waals surface area (Å²) in [6, 6.07) is 22.7. The predicted octanol–water partition coefficient (Wildman–Crippen LogP) is 4.41. The second-order valence-electron chi connectivity index (χ2n) is 6.29. The largest absolute Gasteiger partial charge is 0.455 e. The van der Waals surface area contributed by atoms with E-state index >= 15 is 0 Å². The molecule has 0 atom stereocenters. The third kappa shape index (κ3) is 3.82. The first-order valence-electron chi connectivity index (χ1n) is 8.74. The molecule has 0 saturated carbocycles. The van der Waals surface area contributed by atoms with Crippen LogP contribution in [-0.2, 0) is 6.54 Å². The van der Waals surface area contributed by atoms with E-state index in [-0.39, 0.29) is 5.56 Å². The van der Waals surface area contributed by atoms with Crippen LogP contribution in [0.15, 0.2) is 83.8 Å². The number of nitrogens with one attached hydrogen (secondary N) is 1. The molecule has 27 heavy (non-hydrogen) atoms. The summed E-state index contributed by atoms with van der Waals surface area (Å²) in [5, 5.41) is 3.32. The van der Waals surface area contributed by atoms with E-state index in [9.17, 15) is 4.79 Å². The Morgan fingerprint density at radius 3 is 2.63 bits per heavy atom. The van der Waals surface area contributed by atoms with Crippen molar-refractivity contribution in [3.63, 3.8) is 0 Å². The normalized spacial score (nSPS) is 10.7. The number of fused-ring (bicyclic) bond motifs is 1. The molecule has 0 aliphatic heterocycles. The van der Waals surface area contributed by atoms with E-state index < -0.39 is 0 Å². The zero-order valence-electron chi connectivity index (χ0n) is 14.9. The molecule has 0 amide bonds. The Hall–Kier alpha value is -3.60. The maximum atomic E-state index is 12.3. The summed E-state index contributed by atoms with van der Waals surface area (Å²) in [4.78, 5) is 16.9. The number of hydrogen-bond donors (Lipinski definition) is 1.